The molecule has 0 bridgehead atoms. The average Bonchev–Trinajstić information content (AvgIpc) is 2.27. The standard InChI is InChI=1S/2C10H22N2.Co/c2*1-9(2,3)11-7-8-12-10(4,5)6;/h2*7-8H2,1-6H3;/q2*-2;. The van der Waals surface area contributed by atoms with Crippen LogP contribution in [0.25, 0.3) is 21.3 Å². The van der Waals surface area contributed by atoms with E-state index in [-0.39, 0.29) is 38.9 Å². The molecule has 0 saturated carbocycles. The maximum Gasteiger partial charge on any atom is 0 e. The van der Waals surface area contributed by atoms with Gasteiger partial charge in [-0.1, -0.05) is 83.1 Å². The van der Waals surface area contributed by atoms with Gasteiger partial charge in [-0.25, -0.2) is 0 Å². The second-order valence-electron chi connectivity index (χ2n) is 10.2. The van der Waals surface area contributed by atoms with Gasteiger partial charge < -0.3 is 21.3 Å². The summed E-state index contributed by atoms with van der Waals surface area (Å²) in [6.07, 6.45) is 0. The van der Waals surface area contributed by atoms with Crippen molar-refractivity contribution < 1.29 is 16.8 Å². The Kier molecular flexibility index (Phi) is 15.3. The molecule has 25 heavy (non-hydrogen) atoms. The Morgan fingerprint density at radius 1 is 0.360 bits per heavy atom. The van der Waals surface area contributed by atoms with Crippen molar-refractivity contribution >= 4 is 0 Å². The summed E-state index contributed by atoms with van der Waals surface area (Å²) in [4.78, 5) is 0. The van der Waals surface area contributed by atoms with Gasteiger partial charge in [0.05, 0.1) is 0 Å². The Balaban J connectivity index is -0.000000372. The third-order valence-corrected chi connectivity index (χ3v) is 2.54. The molecular weight excluding hydrogens is 355 g/mol. The first-order valence-electron chi connectivity index (χ1n) is 9.16. The van der Waals surface area contributed by atoms with Crippen molar-refractivity contribution in [2.45, 2.75) is 105 Å². The SMILES string of the molecule is CC(C)(C)[N-]CC[N-]C(C)(C)C.CC(C)(C)[N-]CC[N-]C(C)(C)C.[Co]. The second kappa shape index (κ2) is 12.7. The molecule has 0 fully saturated rings. The van der Waals surface area contributed by atoms with Crippen LogP contribution >= 0.6 is 0 Å². The van der Waals surface area contributed by atoms with Crippen molar-refractivity contribution in [2.24, 2.45) is 0 Å². The summed E-state index contributed by atoms with van der Waals surface area (Å²) >= 11 is 0. The van der Waals surface area contributed by atoms with Crippen LogP contribution in [0.4, 0.5) is 0 Å². The molecule has 0 saturated heterocycles. The predicted octanol–water partition coefficient (Wildman–Crippen LogP) is 6.66. The molecule has 0 amide bonds. The molecule has 0 spiro atoms. The van der Waals surface area contributed by atoms with Crippen molar-refractivity contribution in [1.82, 2.24) is 0 Å². The Morgan fingerprint density at radius 2 is 0.480 bits per heavy atom. The van der Waals surface area contributed by atoms with Crippen molar-refractivity contribution in [1.29, 1.82) is 0 Å². The molecular formula is C20H44CoN4-4. The molecule has 0 atom stereocenters. The van der Waals surface area contributed by atoms with Crippen LogP contribution < -0.4 is 0 Å². The van der Waals surface area contributed by atoms with Gasteiger partial charge in [-0.15, -0.1) is 22.2 Å². The fraction of sp³-hybridized carbons (Fsp3) is 1.00. The third-order valence-electron chi connectivity index (χ3n) is 2.54. The minimum Gasteiger partial charge on any atom is -0.659 e. The van der Waals surface area contributed by atoms with Gasteiger partial charge in [-0.2, -0.15) is 26.2 Å². The monoisotopic (exact) mass is 399 g/mol. The largest absolute Gasteiger partial charge is 0.659 e. The zero-order valence-electron chi connectivity index (χ0n) is 19.0. The summed E-state index contributed by atoms with van der Waals surface area (Å²) < 4.78 is 0. The predicted molar refractivity (Wildman–Crippen MR) is 112 cm³/mol. The zero-order chi connectivity index (χ0) is 19.7. The van der Waals surface area contributed by atoms with Crippen molar-refractivity contribution in [2.75, 3.05) is 26.2 Å². The van der Waals surface area contributed by atoms with Crippen molar-refractivity contribution in [3.8, 4) is 0 Å². The number of nitrogens with zero attached hydrogens (tertiary/aromatic N) is 4. The molecule has 0 N–H and O–H groups in total. The second-order valence-corrected chi connectivity index (χ2v) is 10.2. The molecule has 0 aromatic rings. The third kappa shape index (κ3) is 36.1. The van der Waals surface area contributed by atoms with Crippen LogP contribution in [-0.4, -0.2) is 48.3 Å². The number of hydrogen-bond donors (Lipinski definition) is 0. The van der Waals surface area contributed by atoms with Gasteiger partial charge in [0.25, 0.3) is 0 Å². The molecule has 0 heterocycles. The van der Waals surface area contributed by atoms with E-state index in [9.17, 15) is 0 Å². The smallest absolute Gasteiger partial charge is 0 e. The first-order valence-corrected chi connectivity index (χ1v) is 9.16. The minimum absolute atomic E-state index is 0. The van der Waals surface area contributed by atoms with Gasteiger partial charge in [-0.3, -0.25) is 0 Å². The number of rotatable bonds is 6. The first kappa shape index (κ1) is 30.1. The quantitative estimate of drug-likeness (QED) is 0.449. The van der Waals surface area contributed by atoms with Crippen LogP contribution in [0.5, 0.6) is 0 Å². The molecule has 0 aliphatic heterocycles. The molecule has 0 unspecified atom stereocenters. The molecule has 0 rings (SSSR count). The van der Waals surface area contributed by atoms with E-state index in [2.05, 4.69) is 104 Å². The van der Waals surface area contributed by atoms with E-state index in [1.807, 2.05) is 0 Å². The summed E-state index contributed by atoms with van der Waals surface area (Å²) in [7, 11) is 0. The van der Waals surface area contributed by atoms with Gasteiger partial charge in [0.2, 0.25) is 0 Å². The zero-order valence-corrected chi connectivity index (χ0v) is 20.0. The van der Waals surface area contributed by atoms with Crippen molar-refractivity contribution in [3.05, 3.63) is 21.3 Å². The Hall–Kier alpha value is 0.346. The molecule has 0 aliphatic rings. The molecule has 5 heteroatoms. The van der Waals surface area contributed by atoms with E-state index in [1.165, 1.54) is 0 Å². The van der Waals surface area contributed by atoms with Gasteiger partial charge in [0, 0.05) is 16.8 Å². The van der Waals surface area contributed by atoms with Crippen LogP contribution in [0.15, 0.2) is 0 Å². The van der Waals surface area contributed by atoms with Crippen LogP contribution in [0.3, 0.4) is 0 Å². The maximum atomic E-state index is 4.47. The molecule has 157 valence electrons. The van der Waals surface area contributed by atoms with Crippen LogP contribution in [0.1, 0.15) is 83.1 Å². The van der Waals surface area contributed by atoms with Crippen LogP contribution in [0.2, 0.25) is 0 Å². The molecule has 0 aliphatic carbocycles. The average molecular weight is 400 g/mol. The van der Waals surface area contributed by atoms with E-state index in [4.69, 9.17) is 0 Å². The summed E-state index contributed by atoms with van der Waals surface area (Å²) in [5, 5.41) is 17.9. The summed E-state index contributed by atoms with van der Waals surface area (Å²) in [5.41, 5.74) is 0.363. The van der Waals surface area contributed by atoms with Gasteiger partial charge in [-0.05, 0) is 0 Å². The normalized spacial score (nSPS) is 13.0. The molecule has 1 radical (unpaired) electrons. The fourth-order valence-electron chi connectivity index (χ4n) is 1.54. The van der Waals surface area contributed by atoms with Gasteiger partial charge >= 0.3 is 0 Å². The number of hydrogen-bond acceptors (Lipinski definition) is 0. The maximum absolute atomic E-state index is 4.47. The van der Waals surface area contributed by atoms with Gasteiger partial charge in [0.1, 0.15) is 0 Å². The molecule has 0 aromatic carbocycles. The van der Waals surface area contributed by atoms with Crippen LogP contribution in [-0.2, 0) is 16.8 Å². The molecule has 0 aromatic heterocycles. The van der Waals surface area contributed by atoms with Crippen molar-refractivity contribution in [3.63, 3.8) is 0 Å². The van der Waals surface area contributed by atoms with E-state index in [0.717, 1.165) is 26.2 Å². The minimum atomic E-state index is 0. The summed E-state index contributed by atoms with van der Waals surface area (Å²) in [5.74, 6) is 0. The summed E-state index contributed by atoms with van der Waals surface area (Å²) in [6, 6.07) is 0. The Bertz CT molecular complexity index is 240. The topological polar surface area (TPSA) is 56.4 Å². The Morgan fingerprint density at radius 3 is 0.560 bits per heavy atom. The molecule has 4 nitrogen and oxygen atoms in total. The van der Waals surface area contributed by atoms with E-state index < -0.39 is 0 Å². The fourth-order valence-corrected chi connectivity index (χ4v) is 1.54. The van der Waals surface area contributed by atoms with E-state index in [0.29, 0.717) is 0 Å². The first-order chi connectivity index (χ1) is 10.4. The summed E-state index contributed by atoms with van der Waals surface area (Å²) in [6.45, 7) is 28.8. The Labute approximate surface area is 169 Å². The van der Waals surface area contributed by atoms with E-state index in [1.54, 1.807) is 0 Å². The van der Waals surface area contributed by atoms with Crippen LogP contribution in [0, 0.1) is 0 Å². The van der Waals surface area contributed by atoms with E-state index >= 15 is 0 Å². The van der Waals surface area contributed by atoms with Gasteiger partial charge in [0.15, 0.2) is 0 Å².